The largest absolute Gasteiger partial charge is 0.465 e. The van der Waals surface area contributed by atoms with Gasteiger partial charge in [0.1, 0.15) is 23.0 Å². The molecule has 0 atom stereocenters. The predicted octanol–water partition coefficient (Wildman–Crippen LogP) is 1.61. The van der Waals surface area contributed by atoms with Crippen molar-refractivity contribution in [1.82, 2.24) is 14.6 Å². The Labute approximate surface area is 106 Å². The monoisotopic (exact) mass is 258 g/mol. The second-order valence-electron chi connectivity index (χ2n) is 3.88. The quantitative estimate of drug-likeness (QED) is 0.672. The number of imidazole rings is 1. The number of benzene rings is 1. The topological polar surface area (TPSA) is 83.2 Å². The summed E-state index contributed by atoms with van der Waals surface area (Å²) in [7, 11) is 1.21. The molecule has 0 aliphatic rings. The number of aromatic nitrogens is 3. The number of rotatable bonds is 1. The summed E-state index contributed by atoms with van der Waals surface area (Å²) in [4.78, 5) is 15.8. The number of carbonyl (C=O) groups is 1. The molecule has 7 heteroatoms. The van der Waals surface area contributed by atoms with E-state index in [1.54, 1.807) is 0 Å². The van der Waals surface area contributed by atoms with Crippen LogP contribution in [0.25, 0.3) is 16.7 Å². The van der Waals surface area contributed by atoms with Gasteiger partial charge in [-0.05, 0) is 6.07 Å². The maximum atomic E-state index is 13.5. The zero-order chi connectivity index (χ0) is 13.6. The molecular formula is C12H7FN4O2. The van der Waals surface area contributed by atoms with Gasteiger partial charge in [0, 0.05) is 12.3 Å². The Hall–Kier alpha value is -2.88. The van der Waals surface area contributed by atoms with Crippen molar-refractivity contribution in [3.05, 3.63) is 35.3 Å². The fourth-order valence-corrected chi connectivity index (χ4v) is 2.02. The number of halogens is 1. The minimum Gasteiger partial charge on any atom is -0.465 e. The van der Waals surface area contributed by atoms with Crippen molar-refractivity contribution >= 4 is 22.6 Å². The molecule has 0 bridgehead atoms. The molecule has 19 heavy (non-hydrogen) atoms. The number of methoxy groups -OCH3 is 1. The number of nitrogens with zero attached hydrogens (tertiary/aromatic N) is 3. The number of fused-ring (bicyclic) bond motifs is 3. The summed E-state index contributed by atoms with van der Waals surface area (Å²) in [6.07, 6.45) is 1.46. The maximum Gasteiger partial charge on any atom is 0.340 e. The molecule has 0 saturated carbocycles. The third-order valence-electron chi connectivity index (χ3n) is 2.82. The van der Waals surface area contributed by atoms with Crippen molar-refractivity contribution in [1.29, 1.82) is 5.26 Å². The zero-order valence-electron chi connectivity index (χ0n) is 9.77. The van der Waals surface area contributed by atoms with E-state index in [-0.39, 0.29) is 11.1 Å². The maximum absolute atomic E-state index is 13.5. The van der Waals surface area contributed by atoms with Gasteiger partial charge < -0.3 is 4.74 Å². The van der Waals surface area contributed by atoms with Crippen LogP contribution in [0.15, 0.2) is 18.3 Å². The molecule has 0 aliphatic carbocycles. The highest BCUT2D eigenvalue weighted by Crippen LogP contribution is 2.24. The highest BCUT2D eigenvalue weighted by Gasteiger charge is 2.19. The lowest BCUT2D eigenvalue weighted by Gasteiger charge is -2.01. The Morgan fingerprint density at radius 1 is 1.58 bits per heavy atom. The first kappa shape index (κ1) is 11.2. The van der Waals surface area contributed by atoms with Crippen LogP contribution >= 0.6 is 0 Å². The molecule has 94 valence electrons. The summed E-state index contributed by atoms with van der Waals surface area (Å²) in [5, 5.41) is 11.7. The summed E-state index contributed by atoms with van der Waals surface area (Å²) >= 11 is 0. The van der Waals surface area contributed by atoms with Gasteiger partial charge in [-0.25, -0.2) is 18.7 Å². The van der Waals surface area contributed by atoms with Crippen molar-refractivity contribution in [3.63, 3.8) is 0 Å². The van der Waals surface area contributed by atoms with E-state index in [1.165, 1.54) is 23.9 Å². The van der Waals surface area contributed by atoms with E-state index in [0.29, 0.717) is 16.7 Å². The van der Waals surface area contributed by atoms with Crippen LogP contribution in [0.4, 0.5) is 4.39 Å². The summed E-state index contributed by atoms with van der Waals surface area (Å²) in [5.41, 5.74) is 1.37. The number of nitrogens with one attached hydrogen (secondary N) is 1. The Bertz CT molecular complexity index is 856. The van der Waals surface area contributed by atoms with E-state index in [0.717, 1.165) is 6.07 Å². The van der Waals surface area contributed by atoms with Crippen molar-refractivity contribution in [3.8, 4) is 6.07 Å². The lowest BCUT2D eigenvalue weighted by Crippen LogP contribution is -2.04. The van der Waals surface area contributed by atoms with Crippen LogP contribution in [-0.4, -0.2) is 27.7 Å². The zero-order valence-corrected chi connectivity index (χ0v) is 9.77. The van der Waals surface area contributed by atoms with Crippen LogP contribution in [0.5, 0.6) is 0 Å². The van der Waals surface area contributed by atoms with Crippen LogP contribution < -0.4 is 0 Å². The normalized spacial score (nSPS) is 10.8. The van der Waals surface area contributed by atoms with Gasteiger partial charge in [0.15, 0.2) is 5.65 Å². The molecule has 2 aromatic heterocycles. The molecular weight excluding hydrogens is 251 g/mol. The lowest BCUT2D eigenvalue weighted by molar-refractivity contribution is 0.0602. The minimum atomic E-state index is -0.667. The van der Waals surface area contributed by atoms with Gasteiger partial charge >= 0.3 is 5.97 Å². The van der Waals surface area contributed by atoms with Gasteiger partial charge in [-0.2, -0.15) is 5.26 Å². The van der Waals surface area contributed by atoms with E-state index in [9.17, 15) is 9.18 Å². The molecule has 0 unspecified atom stereocenters. The van der Waals surface area contributed by atoms with E-state index < -0.39 is 11.8 Å². The Morgan fingerprint density at radius 3 is 3.05 bits per heavy atom. The molecule has 3 aromatic rings. The molecule has 2 heterocycles. The molecule has 1 aromatic carbocycles. The second-order valence-corrected chi connectivity index (χ2v) is 3.88. The lowest BCUT2D eigenvalue weighted by atomic mass is 10.2. The predicted molar refractivity (Wildman–Crippen MR) is 63.1 cm³/mol. The van der Waals surface area contributed by atoms with Crippen molar-refractivity contribution in [2.45, 2.75) is 0 Å². The van der Waals surface area contributed by atoms with Gasteiger partial charge in [0.05, 0.1) is 18.2 Å². The van der Waals surface area contributed by atoms with Gasteiger partial charge in [0.2, 0.25) is 0 Å². The molecule has 1 N–H and O–H groups in total. The summed E-state index contributed by atoms with van der Waals surface area (Å²) in [6, 6.07) is 4.24. The Morgan fingerprint density at radius 2 is 2.37 bits per heavy atom. The molecule has 0 radical (unpaired) electrons. The van der Waals surface area contributed by atoms with Gasteiger partial charge in [0.25, 0.3) is 0 Å². The van der Waals surface area contributed by atoms with Crippen LogP contribution in [0, 0.1) is 17.1 Å². The Balaban J connectivity index is 2.49. The molecule has 3 rings (SSSR count). The average molecular weight is 258 g/mol. The first-order valence-electron chi connectivity index (χ1n) is 5.33. The summed E-state index contributed by atoms with van der Waals surface area (Å²) in [6.45, 7) is 0. The highest BCUT2D eigenvalue weighted by atomic mass is 19.1. The SMILES string of the molecule is COC(=O)c1cc(F)cc2nc3c(C#N)c[nH]n3c12. The number of hydrogen-bond acceptors (Lipinski definition) is 4. The number of ether oxygens (including phenoxy) is 1. The number of carbonyl (C=O) groups excluding carboxylic acids is 1. The number of esters is 1. The van der Waals surface area contributed by atoms with Crippen LogP contribution in [-0.2, 0) is 4.74 Å². The van der Waals surface area contributed by atoms with Gasteiger partial charge in [-0.15, -0.1) is 0 Å². The molecule has 0 spiro atoms. The van der Waals surface area contributed by atoms with Crippen LogP contribution in [0.2, 0.25) is 0 Å². The summed E-state index contributed by atoms with van der Waals surface area (Å²) < 4.78 is 19.6. The summed E-state index contributed by atoms with van der Waals surface area (Å²) in [5.74, 6) is -1.26. The molecule has 6 nitrogen and oxygen atoms in total. The van der Waals surface area contributed by atoms with Crippen LogP contribution in [0.1, 0.15) is 15.9 Å². The molecule has 0 amide bonds. The van der Waals surface area contributed by atoms with E-state index in [4.69, 9.17) is 5.26 Å². The molecule has 0 saturated heterocycles. The van der Waals surface area contributed by atoms with Crippen molar-refractivity contribution < 1.29 is 13.9 Å². The van der Waals surface area contributed by atoms with E-state index in [1.807, 2.05) is 6.07 Å². The van der Waals surface area contributed by atoms with Crippen molar-refractivity contribution in [2.75, 3.05) is 7.11 Å². The van der Waals surface area contributed by atoms with Gasteiger partial charge in [-0.3, -0.25) is 5.10 Å². The van der Waals surface area contributed by atoms with Crippen LogP contribution in [0.3, 0.4) is 0 Å². The average Bonchev–Trinajstić information content (AvgIpc) is 2.94. The van der Waals surface area contributed by atoms with Crippen molar-refractivity contribution in [2.24, 2.45) is 0 Å². The number of aromatic amines is 1. The first-order chi connectivity index (χ1) is 9.15. The fraction of sp³-hybridized carbons (Fsp3) is 0.0833. The second kappa shape index (κ2) is 3.81. The number of hydrogen-bond donors (Lipinski definition) is 1. The standard InChI is InChI=1S/C12H7FN4O2/c1-19-12(18)8-2-7(13)3-9-10(8)17-11(16-9)6(4-14)5-15-17/h2-3,5,15H,1H3. The van der Waals surface area contributed by atoms with Gasteiger partial charge in [-0.1, -0.05) is 0 Å². The minimum absolute atomic E-state index is 0.0522. The van der Waals surface area contributed by atoms with E-state index >= 15 is 0 Å². The number of nitriles is 1. The third-order valence-corrected chi connectivity index (χ3v) is 2.82. The van der Waals surface area contributed by atoms with E-state index in [2.05, 4.69) is 14.8 Å². The highest BCUT2D eigenvalue weighted by molar-refractivity contribution is 6.03. The molecule has 0 fully saturated rings. The Kier molecular flexibility index (Phi) is 2.25. The third kappa shape index (κ3) is 1.47. The fourth-order valence-electron chi connectivity index (χ4n) is 2.02. The molecule has 0 aliphatic heterocycles. The number of H-pyrrole nitrogens is 1. The smallest absolute Gasteiger partial charge is 0.340 e. The first-order valence-corrected chi connectivity index (χ1v) is 5.33.